The van der Waals surface area contributed by atoms with E-state index in [0.29, 0.717) is 84.5 Å². The molecule has 0 radical (unpaired) electrons. The number of alkyl halides is 2. The minimum Gasteiger partial charge on any atom is -0.481 e. The van der Waals surface area contributed by atoms with E-state index < -0.39 is 29.4 Å². The summed E-state index contributed by atoms with van der Waals surface area (Å²) < 4.78 is 38.1. The van der Waals surface area contributed by atoms with Crippen molar-refractivity contribution in [3.63, 3.8) is 0 Å². The number of piperidine rings is 2. The van der Waals surface area contributed by atoms with Crippen molar-refractivity contribution in [2.45, 2.75) is 70.4 Å². The summed E-state index contributed by atoms with van der Waals surface area (Å²) in [5.74, 6) is -1.52. The zero-order chi connectivity index (χ0) is 33.1. The number of carbonyl (C=O) groups is 3. The average Bonchev–Trinajstić information content (AvgIpc) is 3.54. The van der Waals surface area contributed by atoms with Crippen molar-refractivity contribution in [2.75, 3.05) is 51.3 Å². The number of hydrogen-bond donors (Lipinski definition) is 2. The van der Waals surface area contributed by atoms with E-state index in [1.165, 1.54) is 18.2 Å². The Hall–Kier alpha value is -3.29. The lowest BCUT2D eigenvalue weighted by Gasteiger charge is -2.46. The Balaban J connectivity index is 1.32. The van der Waals surface area contributed by atoms with Crippen molar-refractivity contribution < 1.29 is 37.7 Å². The quantitative estimate of drug-likeness (QED) is 0.370. The Morgan fingerprint density at radius 1 is 1.09 bits per heavy atom. The average molecular weight is 666 g/mol. The molecule has 0 spiro atoms. The molecule has 0 atom stereocenters. The van der Waals surface area contributed by atoms with Gasteiger partial charge in [-0.15, -0.1) is 0 Å². The molecule has 0 bridgehead atoms. The van der Waals surface area contributed by atoms with Crippen molar-refractivity contribution in [1.82, 2.24) is 19.6 Å². The number of likely N-dealkylation sites (tertiary alicyclic amines) is 2. The normalized spacial score (nSPS) is 20.5. The molecule has 1 aromatic carbocycles. The van der Waals surface area contributed by atoms with E-state index in [-0.39, 0.29) is 34.2 Å². The summed E-state index contributed by atoms with van der Waals surface area (Å²) in [4.78, 5) is 43.8. The van der Waals surface area contributed by atoms with Gasteiger partial charge in [-0.2, -0.15) is 13.9 Å². The molecule has 0 unspecified atom stereocenters. The number of benzene rings is 1. The Morgan fingerprint density at radius 2 is 1.76 bits per heavy atom. The topological polar surface area (TPSA) is 126 Å². The second-order valence-corrected chi connectivity index (χ2v) is 13.3. The molecule has 46 heavy (non-hydrogen) atoms. The molecule has 5 rings (SSSR count). The Bertz CT molecular complexity index is 1400. The van der Waals surface area contributed by atoms with E-state index in [1.54, 1.807) is 15.8 Å². The van der Waals surface area contributed by atoms with Gasteiger partial charge in [0.2, 0.25) is 5.91 Å². The summed E-state index contributed by atoms with van der Waals surface area (Å²) in [5.41, 5.74) is -1.29. The van der Waals surface area contributed by atoms with Gasteiger partial charge in [0.25, 0.3) is 5.91 Å². The van der Waals surface area contributed by atoms with E-state index in [1.807, 2.05) is 19.9 Å². The fraction of sp³-hybridized carbons (Fsp3) is 0.625. The molecule has 2 amide bonds. The van der Waals surface area contributed by atoms with Gasteiger partial charge in [-0.05, 0) is 62.6 Å². The van der Waals surface area contributed by atoms with Gasteiger partial charge in [0, 0.05) is 74.8 Å². The van der Waals surface area contributed by atoms with Crippen LogP contribution in [0.3, 0.4) is 0 Å². The SMILES string of the molecule is CC(C)c1ccnn1C1(C(=O)Nc2ccc(Cl)cc2OC(F)F)CCN(CC2(C(=O)O)CCN(C(=O)C3CCOCC3)CC2)CC1. The minimum absolute atomic E-state index is 0.0442. The number of amides is 2. The Morgan fingerprint density at radius 3 is 2.37 bits per heavy atom. The second-order valence-electron chi connectivity index (χ2n) is 12.9. The molecule has 2 N–H and O–H groups in total. The molecule has 1 aromatic heterocycles. The van der Waals surface area contributed by atoms with Crippen LogP contribution in [0.4, 0.5) is 14.5 Å². The fourth-order valence-corrected chi connectivity index (χ4v) is 7.14. The predicted octanol–water partition coefficient (Wildman–Crippen LogP) is 4.81. The molecule has 252 valence electrons. The first-order valence-electron chi connectivity index (χ1n) is 15.9. The van der Waals surface area contributed by atoms with Crippen LogP contribution < -0.4 is 10.1 Å². The van der Waals surface area contributed by atoms with Gasteiger partial charge in [0.05, 0.1) is 11.1 Å². The second kappa shape index (κ2) is 14.2. The third-order valence-electron chi connectivity index (χ3n) is 9.77. The highest BCUT2D eigenvalue weighted by atomic mass is 35.5. The number of nitrogens with zero attached hydrogens (tertiary/aromatic N) is 4. The van der Waals surface area contributed by atoms with Crippen LogP contribution in [0.15, 0.2) is 30.5 Å². The lowest BCUT2D eigenvalue weighted by molar-refractivity contribution is -0.158. The fourth-order valence-electron chi connectivity index (χ4n) is 6.98. The van der Waals surface area contributed by atoms with E-state index in [4.69, 9.17) is 16.3 Å². The lowest BCUT2D eigenvalue weighted by Crippen LogP contribution is -2.57. The first-order valence-corrected chi connectivity index (χ1v) is 16.2. The van der Waals surface area contributed by atoms with E-state index in [9.17, 15) is 28.3 Å². The first kappa shape index (κ1) is 34.1. The van der Waals surface area contributed by atoms with Gasteiger partial charge in [-0.25, -0.2) is 0 Å². The number of nitrogens with one attached hydrogen (secondary N) is 1. The number of carboxylic acid groups (broad SMARTS) is 1. The largest absolute Gasteiger partial charge is 0.481 e. The zero-order valence-corrected chi connectivity index (χ0v) is 27.0. The van der Waals surface area contributed by atoms with Crippen LogP contribution >= 0.6 is 11.6 Å². The van der Waals surface area contributed by atoms with Gasteiger partial charge in [0.15, 0.2) is 5.75 Å². The van der Waals surface area contributed by atoms with Crippen molar-refractivity contribution in [1.29, 1.82) is 0 Å². The molecule has 3 aliphatic heterocycles. The van der Waals surface area contributed by atoms with Gasteiger partial charge in [0.1, 0.15) is 5.54 Å². The predicted molar refractivity (Wildman–Crippen MR) is 166 cm³/mol. The maximum absolute atomic E-state index is 14.2. The number of rotatable bonds is 10. The number of carboxylic acids is 1. The van der Waals surface area contributed by atoms with Crippen molar-refractivity contribution >= 4 is 35.1 Å². The highest BCUT2D eigenvalue weighted by Gasteiger charge is 2.49. The number of carbonyl (C=O) groups excluding carboxylic acids is 2. The molecule has 3 aliphatic rings. The zero-order valence-electron chi connectivity index (χ0n) is 26.2. The van der Waals surface area contributed by atoms with Gasteiger partial charge >= 0.3 is 12.6 Å². The van der Waals surface area contributed by atoms with Crippen LogP contribution in [0.5, 0.6) is 5.75 Å². The van der Waals surface area contributed by atoms with Crippen molar-refractivity contribution in [3.8, 4) is 5.75 Å². The molecule has 14 heteroatoms. The van der Waals surface area contributed by atoms with Crippen LogP contribution in [0, 0.1) is 11.3 Å². The summed E-state index contributed by atoms with van der Waals surface area (Å²) >= 11 is 6.02. The van der Waals surface area contributed by atoms with Crippen molar-refractivity contribution in [3.05, 3.63) is 41.2 Å². The first-order chi connectivity index (χ1) is 21.9. The standard InChI is InChI=1S/C32H42ClF2N5O6/c1-21(2)25-5-12-36-40(25)32(28(42)37-24-4-3-23(33)19-26(24)46-30(34)35)10-13-38(14-11-32)20-31(29(43)44)8-15-39(16-9-31)27(41)22-6-17-45-18-7-22/h3-5,12,19,21-22,30H,6-11,13-18,20H2,1-2H3,(H,37,42)(H,43,44). The number of anilines is 1. The Labute approximate surface area is 272 Å². The third kappa shape index (κ3) is 7.16. The Kier molecular flexibility index (Phi) is 10.5. The van der Waals surface area contributed by atoms with Crippen LogP contribution in [0.1, 0.15) is 64.0 Å². The van der Waals surface area contributed by atoms with Gasteiger partial charge in [-0.3, -0.25) is 19.1 Å². The molecular weight excluding hydrogens is 624 g/mol. The van der Waals surface area contributed by atoms with E-state index >= 15 is 0 Å². The number of ether oxygens (including phenoxy) is 2. The smallest absolute Gasteiger partial charge is 0.387 e. The molecule has 11 nitrogen and oxygen atoms in total. The van der Waals surface area contributed by atoms with Crippen LogP contribution in [0.2, 0.25) is 5.02 Å². The number of aromatic nitrogens is 2. The lowest BCUT2D eigenvalue weighted by atomic mass is 9.76. The summed E-state index contributed by atoms with van der Waals surface area (Å²) in [6.07, 6.45) is 4.33. The van der Waals surface area contributed by atoms with E-state index in [2.05, 4.69) is 20.1 Å². The molecule has 3 fully saturated rings. The maximum Gasteiger partial charge on any atom is 0.387 e. The minimum atomic E-state index is -3.11. The molecular formula is C32H42ClF2N5O6. The van der Waals surface area contributed by atoms with Crippen LogP contribution in [0.25, 0.3) is 0 Å². The summed E-state index contributed by atoms with van der Waals surface area (Å²) in [7, 11) is 0. The molecule has 0 saturated carbocycles. The molecule has 2 aromatic rings. The number of halogens is 3. The summed E-state index contributed by atoms with van der Waals surface area (Å²) in [6, 6.07) is 5.98. The van der Waals surface area contributed by atoms with Gasteiger partial charge in [-0.1, -0.05) is 25.4 Å². The van der Waals surface area contributed by atoms with Crippen LogP contribution in [-0.4, -0.2) is 95.0 Å². The summed E-state index contributed by atoms with van der Waals surface area (Å²) in [5, 5.41) is 17.9. The maximum atomic E-state index is 14.2. The third-order valence-corrected chi connectivity index (χ3v) is 10.0. The highest BCUT2D eigenvalue weighted by Crippen LogP contribution is 2.40. The number of hydrogen-bond acceptors (Lipinski definition) is 7. The van der Waals surface area contributed by atoms with Crippen LogP contribution in [-0.2, 0) is 24.7 Å². The highest BCUT2D eigenvalue weighted by molar-refractivity contribution is 6.30. The summed E-state index contributed by atoms with van der Waals surface area (Å²) in [6.45, 7) is 3.90. The molecule has 4 heterocycles. The molecule has 0 aliphatic carbocycles. The van der Waals surface area contributed by atoms with Gasteiger partial charge < -0.3 is 29.7 Å². The monoisotopic (exact) mass is 665 g/mol. The molecule has 3 saturated heterocycles. The van der Waals surface area contributed by atoms with E-state index in [0.717, 1.165) is 5.69 Å². The van der Waals surface area contributed by atoms with Crippen molar-refractivity contribution in [2.24, 2.45) is 11.3 Å². The number of aliphatic carboxylic acids is 1.